The second kappa shape index (κ2) is 18.9. The summed E-state index contributed by atoms with van der Waals surface area (Å²) in [7, 11) is 0. The number of allylic oxidation sites excluding steroid dienone is 4. The van der Waals surface area contributed by atoms with Gasteiger partial charge in [-0.2, -0.15) is 36.4 Å². The average Bonchev–Trinajstić information content (AvgIpc) is 3.19. The van der Waals surface area contributed by atoms with Crippen LogP contribution in [-0.4, -0.2) is 0 Å². The summed E-state index contributed by atoms with van der Waals surface area (Å²) in [4.78, 5) is 0. The molecule has 0 saturated carbocycles. The summed E-state index contributed by atoms with van der Waals surface area (Å²) in [5, 5.41) is 0. The number of terminal acetylenes is 1. The second-order valence-corrected chi connectivity index (χ2v) is 3.55. The predicted molar refractivity (Wildman–Crippen MR) is 86.2 cm³/mol. The van der Waals surface area contributed by atoms with Crippen molar-refractivity contribution in [1.29, 1.82) is 0 Å². The molecule has 1 aliphatic carbocycles. The van der Waals surface area contributed by atoms with E-state index >= 15 is 0 Å². The molecule has 0 bridgehead atoms. The molecule has 0 aromatic heterocycles. The van der Waals surface area contributed by atoms with E-state index in [1.54, 1.807) is 0 Å². The molecule has 1 nitrogen and oxygen atoms in total. The molecule has 2 aromatic carbocycles. The van der Waals surface area contributed by atoms with Crippen molar-refractivity contribution in [3.8, 4) is 12.3 Å². The SMILES string of the molecule is C#Cc1ccccc1.[C-]#[O+].[CH]1C=CC=C1.[W].[c-]1ccccc1. The third-order valence-electron chi connectivity index (χ3n) is 2.10. The molecular weight excluding hydrogens is 440 g/mol. The summed E-state index contributed by atoms with van der Waals surface area (Å²) < 4.78 is 7.50. The molecule has 2 aromatic rings. The monoisotopic (exact) mass is 456 g/mol. The predicted octanol–water partition coefficient (Wildman–Crippen LogP) is 4.43. The van der Waals surface area contributed by atoms with Gasteiger partial charge in [0.2, 0.25) is 0 Å². The number of rotatable bonds is 0. The van der Waals surface area contributed by atoms with Crippen LogP contribution < -0.4 is 0 Å². The van der Waals surface area contributed by atoms with E-state index in [2.05, 4.69) is 18.6 Å². The van der Waals surface area contributed by atoms with Crippen LogP contribution in [0.4, 0.5) is 0 Å². The van der Waals surface area contributed by atoms with Gasteiger partial charge in [0, 0.05) is 33.0 Å². The quantitative estimate of drug-likeness (QED) is 0.318. The van der Waals surface area contributed by atoms with Crippen molar-refractivity contribution in [2.75, 3.05) is 0 Å². The summed E-state index contributed by atoms with van der Waals surface area (Å²) in [6.45, 7) is 4.50. The molecule has 0 N–H and O–H groups in total. The number of hydrogen-bond acceptors (Lipinski definition) is 0. The van der Waals surface area contributed by atoms with E-state index in [4.69, 9.17) is 11.1 Å². The summed E-state index contributed by atoms with van der Waals surface area (Å²) in [6, 6.07) is 22.1. The fourth-order valence-corrected chi connectivity index (χ4v) is 1.20. The van der Waals surface area contributed by atoms with Crippen molar-refractivity contribution < 1.29 is 25.7 Å². The Bertz CT molecular complexity index is 526. The molecule has 0 spiro atoms. The van der Waals surface area contributed by atoms with Gasteiger partial charge < -0.3 is 0 Å². The Balaban J connectivity index is 0. The first-order chi connectivity index (χ1) is 10.4. The fourth-order valence-electron chi connectivity index (χ4n) is 1.20. The molecule has 2 heteroatoms. The molecule has 0 saturated heterocycles. The van der Waals surface area contributed by atoms with Gasteiger partial charge in [0.1, 0.15) is 0 Å². The van der Waals surface area contributed by atoms with Gasteiger partial charge in [0.05, 0.1) is 0 Å². The van der Waals surface area contributed by atoms with Crippen molar-refractivity contribution in [2.45, 2.75) is 0 Å². The molecular formula is C20H16OW-. The zero-order valence-electron chi connectivity index (χ0n) is 12.1. The Morgan fingerprint density at radius 1 is 0.818 bits per heavy atom. The van der Waals surface area contributed by atoms with E-state index < -0.39 is 0 Å². The summed E-state index contributed by atoms with van der Waals surface area (Å²) >= 11 is 0. The van der Waals surface area contributed by atoms with E-state index in [0.717, 1.165) is 5.56 Å². The molecule has 1 aliphatic rings. The minimum absolute atomic E-state index is 0. The average molecular weight is 456 g/mol. The fraction of sp³-hybridized carbons (Fsp3) is 0. The van der Waals surface area contributed by atoms with Crippen LogP contribution in [0.1, 0.15) is 5.56 Å². The molecule has 0 atom stereocenters. The maximum absolute atomic E-state index is 7.50. The maximum atomic E-state index is 7.50. The normalized spacial score (nSPS) is 9.14. The molecule has 0 amide bonds. The van der Waals surface area contributed by atoms with Gasteiger partial charge >= 0.3 is 11.3 Å². The molecule has 3 rings (SSSR count). The second-order valence-electron chi connectivity index (χ2n) is 3.55. The Labute approximate surface area is 147 Å². The van der Waals surface area contributed by atoms with Crippen molar-refractivity contribution in [3.63, 3.8) is 0 Å². The van der Waals surface area contributed by atoms with Gasteiger partial charge in [0.15, 0.2) is 0 Å². The van der Waals surface area contributed by atoms with Gasteiger partial charge in [-0.1, -0.05) is 48.4 Å². The van der Waals surface area contributed by atoms with Crippen LogP contribution >= 0.6 is 0 Å². The van der Waals surface area contributed by atoms with Gasteiger partial charge in [-0.25, -0.2) is 0 Å². The number of hydrogen-bond donors (Lipinski definition) is 0. The first kappa shape index (κ1) is 22.2. The van der Waals surface area contributed by atoms with E-state index in [1.807, 2.05) is 91.4 Å². The van der Waals surface area contributed by atoms with Gasteiger partial charge in [-0.3, -0.25) is 0 Å². The van der Waals surface area contributed by atoms with Crippen LogP contribution in [-0.2, 0) is 25.7 Å². The molecule has 0 heterocycles. The Kier molecular flexibility index (Phi) is 19.1. The molecule has 109 valence electrons. The van der Waals surface area contributed by atoms with E-state index in [1.165, 1.54) is 0 Å². The smallest absolute Gasteiger partial charge is 0.00506 e. The standard InChI is InChI=1S/C8H6.C6H5.C5H5.CO.W/c1-2-8-6-4-3-5-7-8;1-2-4-6-5-3-1;1-2-4-5-3-1;1-2;/h1,3-7H;1-5H;1-5H;;/q;-1;;;. The molecule has 0 fully saturated rings. The largest absolute Gasteiger partial charge is 0.184 e. The number of benzene rings is 2. The van der Waals surface area contributed by atoms with Crippen LogP contribution in [0.3, 0.4) is 0 Å². The zero-order chi connectivity index (χ0) is 15.6. The van der Waals surface area contributed by atoms with Crippen molar-refractivity contribution >= 4 is 0 Å². The first-order valence-corrected chi connectivity index (χ1v) is 6.23. The Hall–Kier alpha value is -2.09. The van der Waals surface area contributed by atoms with Gasteiger partial charge in [-0.15, -0.1) is 6.42 Å². The van der Waals surface area contributed by atoms with Crippen LogP contribution in [0.5, 0.6) is 0 Å². The molecule has 22 heavy (non-hydrogen) atoms. The van der Waals surface area contributed by atoms with Gasteiger partial charge in [0.25, 0.3) is 0 Å². The van der Waals surface area contributed by atoms with Crippen molar-refractivity contribution in [2.24, 2.45) is 0 Å². The van der Waals surface area contributed by atoms with Crippen molar-refractivity contribution in [1.82, 2.24) is 0 Å². The molecule has 0 unspecified atom stereocenters. The third-order valence-corrected chi connectivity index (χ3v) is 2.10. The van der Waals surface area contributed by atoms with Gasteiger partial charge in [-0.05, 0) is 12.1 Å². The van der Waals surface area contributed by atoms with Crippen LogP contribution in [0.15, 0.2) is 85.0 Å². The minimum Gasteiger partial charge on any atom is -0.184 e. The summed E-state index contributed by atoms with van der Waals surface area (Å²) in [5.74, 6) is 2.53. The van der Waals surface area contributed by atoms with E-state index in [-0.39, 0.29) is 21.1 Å². The zero-order valence-corrected chi connectivity index (χ0v) is 15.0. The summed E-state index contributed by atoms with van der Waals surface area (Å²) in [6.07, 6.45) is 15.1. The summed E-state index contributed by atoms with van der Waals surface area (Å²) in [5.41, 5.74) is 0.938. The van der Waals surface area contributed by atoms with E-state index in [0.29, 0.717) is 0 Å². The van der Waals surface area contributed by atoms with Crippen LogP contribution in [0.2, 0.25) is 0 Å². The maximum Gasteiger partial charge on any atom is 0.00506 e. The topological polar surface area (TPSA) is 19.9 Å². The Morgan fingerprint density at radius 2 is 1.32 bits per heavy atom. The minimum atomic E-state index is 0. The molecule has 0 aliphatic heterocycles. The van der Waals surface area contributed by atoms with Crippen LogP contribution in [0, 0.1) is 31.5 Å². The van der Waals surface area contributed by atoms with E-state index in [9.17, 15) is 0 Å². The third kappa shape index (κ3) is 14.3. The Morgan fingerprint density at radius 3 is 1.55 bits per heavy atom. The first-order valence-electron chi connectivity index (χ1n) is 6.23. The van der Waals surface area contributed by atoms with Crippen molar-refractivity contribution in [3.05, 3.63) is 110 Å². The van der Waals surface area contributed by atoms with Crippen LogP contribution in [0.25, 0.3) is 0 Å². The molecule has 1 radical (unpaired) electrons.